The largest absolute Gasteiger partial charge is 0.398 e. The summed E-state index contributed by atoms with van der Waals surface area (Å²) in [6.45, 7) is 3.44. The zero-order chi connectivity index (χ0) is 15.5. The molecule has 4 nitrogen and oxygen atoms in total. The Hall–Kier alpha value is -2.33. The summed E-state index contributed by atoms with van der Waals surface area (Å²) < 4.78 is 0. The fraction of sp³-hybridized carbons (Fsp3) is 0.235. The van der Waals surface area contributed by atoms with Crippen molar-refractivity contribution in [2.45, 2.75) is 19.4 Å². The van der Waals surface area contributed by atoms with E-state index in [0.717, 1.165) is 11.1 Å². The van der Waals surface area contributed by atoms with E-state index in [9.17, 15) is 9.90 Å². The number of rotatable bonds is 4. The van der Waals surface area contributed by atoms with Crippen LogP contribution >= 0.6 is 0 Å². The highest BCUT2D eigenvalue weighted by Crippen LogP contribution is 2.22. The first-order chi connectivity index (χ1) is 9.98. The van der Waals surface area contributed by atoms with E-state index < -0.39 is 5.54 Å². The van der Waals surface area contributed by atoms with Gasteiger partial charge in [-0.25, -0.2) is 0 Å². The highest BCUT2D eigenvalue weighted by Gasteiger charge is 2.28. The Bertz CT molecular complexity index is 640. The van der Waals surface area contributed by atoms with Crippen molar-refractivity contribution in [3.05, 3.63) is 65.2 Å². The monoisotopic (exact) mass is 284 g/mol. The van der Waals surface area contributed by atoms with Crippen LogP contribution in [0.25, 0.3) is 0 Å². The van der Waals surface area contributed by atoms with Gasteiger partial charge in [0.1, 0.15) is 0 Å². The first kappa shape index (κ1) is 15.1. The first-order valence-electron chi connectivity index (χ1n) is 6.82. The van der Waals surface area contributed by atoms with Gasteiger partial charge in [-0.1, -0.05) is 42.5 Å². The molecule has 0 radical (unpaired) electrons. The second-order valence-electron chi connectivity index (χ2n) is 5.35. The molecule has 1 amide bonds. The molecule has 0 bridgehead atoms. The molecule has 4 N–H and O–H groups in total. The van der Waals surface area contributed by atoms with Gasteiger partial charge in [0, 0.05) is 5.69 Å². The van der Waals surface area contributed by atoms with E-state index in [0.29, 0.717) is 11.3 Å². The zero-order valence-corrected chi connectivity index (χ0v) is 12.3. The van der Waals surface area contributed by atoms with Gasteiger partial charge in [0.15, 0.2) is 0 Å². The molecule has 0 saturated carbocycles. The van der Waals surface area contributed by atoms with E-state index in [2.05, 4.69) is 5.32 Å². The number of aryl methyl sites for hydroxylation is 1. The smallest absolute Gasteiger partial charge is 0.254 e. The lowest BCUT2D eigenvalue weighted by atomic mass is 9.92. The summed E-state index contributed by atoms with van der Waals surface area (Å²) in [5, 5.41) is 12.6. The normalized spacial score (nSPS) is 13.5. The zero-order valence-electron chi connectivity index (χ0n) is 12.3. The Morgan fingerprint density at radius 1 is 1.19 bits per heavy atom. The standard InChI is InChI=1S/C17H20N2O2/c1-12-7-6-10-14(15(12)18)16(21)19-17(2,11-20)13-8-4-3-5-9-13/h3-10,20H,11,18H2,1-2H3,(H,19,21). The van der Waals surface area contributed by atoms with Crippen LogP contribution < -0.4 is 11.1 Å². The van der Waals surface area contributed by atoms with Crippen molar-refractivity contribution in [1.29, 1.82) is 0 Å². The molecule has 2 aromatic rings. The number of carbonyl (C=O) groups is 1. The van der Waals surface area contributed by atoms with Gasteiger partial charge in [-0.2, -0.15) is 0 Å². The predicted molar refractivity (Wildman–Crippen MR) is 83.9 cm³/mol. The van der Waals surface area contributed by atoms with Crippen LogP contribution in [0, 0.1) is 6.92 Å². The van der Waals surface area contributed by atoms with Gasteiger partial charge >= 0.3 is 0 Å². The number of carbonyl (C=O) groups excluding carboxylic acids is 1. The molecular weight excluding hydrogens is 264 g/mol. The summed E-state index contributed by atoms with van der Waals surface area (Å²) in [5.74, 6) is -0.295. The molecule has 2 aromatic carbocycles. The van der Waals surface area contributed by atoms with Gasteiger partial charge in [0.25, 0.3) is 5.91 Å². The van der Waals surface area contributed by atoms with E-state index in [-0.39, 0.29) is 12.5 Å². The van der Waals surface area contributed by atoms with Crippen LogP contribution in [0.1, 0.15) is 28.4 Å². The van der Waals surface area contributed by atoms with E-state index >= 15 is 0 Å². The Kier molecular flexibility index (Phi) is 4.29. The second kappa shape index (κ2) is 5.97. The lowest BCUT2D eigenvalue weighted by Gasteiger charge is -2.29. The summed E-state index contributed by atoms with van der Waals surface area (Å²) in [4.78, 5) is 12.5. The Balaban J connectivity index is 2.30. The van der Waals surface area contributed by atoms with Crippen molar-refractivity contribution in [1.82, 2.24) is 5.32 Å². The molecule has 2 rings (SSSR count). The highest BCUT2D eigenvalue weighted by molar-refractivity contribution is 6.00. The van der Waals surface area contributed by atoms with Crippen molar-refractivity contribution >= 4 is 11.6 Å². The second-order valence-corrected chi connectivity index (χ2v) is 5.35. The number of aliphatic hydroxyl groups is 1. The van der Waals surface area contributed by atoms with Crippen molar-refractivity contribution in [3.8, 4) is 0 Å². The lowest BCUT2D eigenvalue weighted by molar-refractivity contribution is 0.0850. The molecule has 0 aromatic heterocycles. The summed E-state index contributed by atoms with van der Waals surface area (Å²) in [6.07, 6.45) is 0. The molecule has 0 spiro atoms. The molecule has 0 aliphatic heterocycles. The van der Waals surface area contributed by atoms with E-state index in [1.54, 1.807) is 19.1 Å². The third-order valence-corrected chi connectivity index (χ3v) is 3.69. The fourth-order valence-corrected chi connectivity index (χ4v) is 2.21. The fourth-order valence-electron chi connectivity index (χ4n) is 2.21. The highest BCUT2D eigenvalue weighted by atomic mass is 16.3. The average molecular weight is 284 g/mol. The molecular formula is C17H20N2O2. The van der Waals surface area contributed by atoms with E-state index in [4.69, 9.17) is 5.73 Å². The molecule has 0 heterocycles. The summed E-state index contributed by atoms with van der Waals surface area (Å²) in [7, 11) is 0. The molecule has 0 aliphatic carbocycles. The Labute approximate surface area is 124 Å². The molecule has 1 atom stereocenters. The van der Waals surface area contributed by atoms with Crippen molar-refractivity contribution in [2.24, 2.45) is 0 Å². The van der Waals surface area contributed by atoms with Crippen LogP contribution in [0.4, 0.5) is 5.69 Å². The quantitative estimate of drug-likeness (QED) is 0.754. The number of anilines is 1. The van der Waals surface area contributed by atoms with Gasteiger partial charge in [0.05, 0.1) is 17.7 Å². The number of nitrogens with one attached hydrogen (secondary N) is 1. The minimum atomic E-state index is -0.853. The molecule has 0 fully saturated rings. The number of para-hydroxylation sites is 1. The van der Waals surface area contributed by atoms with E-state index in [1.807, 2.05) is 43.3 Å². The number of nitrogen functional groups attached to an aromatic ring is 1. The Morgan fingerprint density at radius 3 is 2.48 bits per heavy atom. The van der Waals surface area contributed by atoms with E-state index in [1.165, 1.54) is 0 Å². The third-order valence-electron chi connectivity index (χ3n) is 3.69. The molecule has 0 aliphatic rings. The number of hydrogen-bond donors (Lipinski definition) is 3. The maximum absolute atomic E-state index is 12.5. The minimum Gasteiger partial charge on any atom is -0.398 e. The number of amides is 1. The van der Waals surface area contributed by atoms with Gasteiger partial charge in [-0.05, 0) is 31.0 Å². The third kappa shape index (κ3) is 3.06. The predicted octanol–water partition coefficient (Wildman–Crippen LogP) is 2.21. The number of aliphatic hydroxyl groups excluding tert-OH is 1. The Morgan fingerprint density at radius 2 is 1.86 bits per heavy atom. The van der Waals surface area contributed by atoms with Crippen LogP contribution in [-0.4, -0.2) is 17.6 Å². The van der Waals surface area contributed by atoms with Gasteiger partial charge in [-0.15, -0.1) is 0 Å². The van der Waals surface area contributed by atoms with Crippen LogP contribution in [0.3, 0.4) is 0 Å². The number of nitrogens with two attached hydrogens (primary N) is 1. The average Bonchev–Trinajstić information content (AvgIpc) is 2.50. The lowest BCUT2D eigenvalue weighted by Crippen LogP contribution is -2.46. The maximum atomic E-state index is 12.5. The van der Waals surface area contributed by atoms with Crippen LogP contribution in [0.2, 0.25) is 0 Å². The van der Waals surface area contributed by atoms with Gasteiger partial charge in [0.2, 0.25) is 0 Å². The molecule has 4 heteroatoms. The van der Waals surface area contributed by atoms with Crippen LogP contribution in [0.15, 0.2) is 48.5 Å². The summed E-state index contributed by atoms with van der Waals surface area (Å²) >= 11 is 0. The van der Waals surface area contributed by atoms with Crippen molar-refractivity contribution < 1.29 is 9.90 Å². The number of hydrogen-bond acceptors (Lipinski definition) is 3. The van der Waals surface area contributed by atoms with Gasteiger partial charge in [-0.3, -0.25) is 4.79 Å². The SMILES string of the molecule is Cc1cccc(C(=O)NC(C)(CO)c2ccccc2)c1N. The molecule has 110 valence electrons. The summed E-state index contributed by atoms with van der Waals surface area (Å²) in [5.41, 5.74) is 7.68. The van der Waals surface area contributed by atoms with Crippen molar-refractivity contribution in [2.75, 3.05) is 12.3 Å². The molecule has 1 unspecified atom stereocenters. The number of benzene rings is 2. The molecule has 21 heavy (non-hydrogen) atoms. The van der Waals surface area contributed by atoms with Crippen LogP contribution in [-0.2, 0) is 5.54 Å². The topological polar surface area (TPSA) is 75.3 Å². The minimum absolute atomic E-state index is 0.200. The van der Waals surface area contributed by atoms with Crippen LogP contribution in [0.5, 0.6) is 0 Å². The summed E-state index contributed by atoms with van der Waals surface area (Å²) in [6, 6.07) is 14.7. The van der Waals surface area contributed by atoms with Gasteiger partial charge < -0.3 is 16.2 Å². The molecule has 0 saturated heterocycles. The first-order valence-corrected chi connectivity index (χ1v) is 6.82. The maximum Gasteiger partial charge on any atom is 0.254 e. The van der Waals surface area contributed by atoms with Crippen molar-refractivity contribution in [3.63, 3.8) is 0 Å².